The van der Waals surface area contributed by atoms with Gasteiger partial charge in [0.05, 0.1) is 0 Å². The summed E-state index contributed by atoms with van der Waals surface area (Å²) in [5.41, 5.74) is 2.65. The summed E-state index contributed by atoms with van der Waals surface area (Å²) in [4.78, 5) is 2.21. The molecule has 2 nitrogen and oxygen atoms in total. The van der Waals surface area contributed by atoms with Gasteiger partial charge in [-0.2, -0.15) is 11.8 Å². The summed E-state index contributed by atoms with van der Waals surface area (Å²) in [7, 11) is 4.22. The Hall–Kier alpha value is -0.670. The molecule has 1 fully saturated rings. The summed E-state index contributed by atoms with van der Waals surface area (Å²) >= 11 is 2.09. The second-order valence-electron chi connectivity index (χ2n) is 5.41. The molecule has 1 aromatic carbocycles. The minimum absolute atomic E-state index is 0.623. The molecule has 1 heterocycles. The van der Waals surface area contributed by atoms with Crippen LogP contribution >= 0.6 is 11.8 Å². The van der Waals surface area contributed by atoms with Gasteiger partial charge < -0.3 is 10.2 Å². The van der Waals surface area contributed by atoms with Gasteiger partial charge in [-0.25, -0.2) is 0 Å². The average molecular weight is 264 g/mol. The highest BCUT2D eigenvalue weighted by Crippen LogP contribution is 2.27. The van der Waals surface area contributed by atoms with Crippen molar-refractivity contribution in [2.24, 2.45) is 0 Å². The zero-order valence-corrected chi connectivity index (χ0v) is 12.5. The molecule has 2 atom stereocenters. The van der Waals surface area contributed by atoms with E-state index in [0.29, 0.717) is 6.04 Å². The topological polar surface area (TPSA) is 15.3 Å². The predicted molar refractivity (Wildman–Crippen MR) is 82.4 cm³/mol. The van der Waals surface area contributed by atoms with Gasteiger partial charge in [0.1, 0.15) is 0 Å². The predicted octanol–water partition coefficient (Wildman–Crippen LogP) is 3.44. The van der Waals surface area contributed by atoms with Crippen LogP contribution in [0, 0.1) is 0 Å². The SMILES string of the molecule is CC1SCCCC1Nc1cccc(CN(C)C)c1. The van der Waals surface area contributed by atoms with Gasteiger partial charge in [0.2, 0.25) is 0 Å². The minimum atomic E-state index is 0.623. The largest absolute Gasteiger partial charge is 0.381 e. The Bertz CT molecular complexity index is 379. The monoisotopic (exact) mass is 264 g/mol. The molecule has 0 spiro atoms. The van der Waals surface area contributed by atoms with Gasteiger partial charge in [0, 0.05) is 23.5 Å². The first-order valence-corrected chi connectivity index (χ1v) is 7.82. The molecule has 3 heteroatoms. The Labute approximate surface area is 115 Å². The van der Waals surface area contributed by atoms with Crippen molar-refractivity contribution in [3.8, 4) is 0 Å². The molecule has 1 aliphatic heterocycles. The first kappa shape index (κ1) is 13.8. The zero-order chi connectivity index (χ0) is 13.0. The summed E-state index contributed by atoms with van der Waals surface area (Å²) in [5, 5.41) is 4.42. The number of anilines is 1. The Morgan fingerprint density at radius 2 is 2.22 bits per heavy atom. The van der Waals surface area contributed by atoms with Crippen LogP contribution in [-0.2, 0) is 6.54 Å². The van der Waals surface area contributed by atoms with Gasteiger partial charge in [0.15, 0.2) is 0 Å². The number of rotatable bonds is 4. The lowest BCUT2D eigenvalue weighted by atomic mass is 10.1. The van der Waals surface area contributed by atoms with Crippen molar-refractivity contribution in [2.45, 2.75) is 37.6 Å². The van der Waals surface area contributed by atoms with Crippen molar-refractivity contribution in [3.05, 3.63) is 29.8 Å². The fraction of sp³-hybridized carbons (Fsp3) is 0.600. The quantitative estimate of drug-likeness (QED) is 0.897. The molecule has 1 aliphatic rings. The van der Waals surface area contributed by atoms with Crippen LogP contribution in [-0.4, -0.2) is 36.0 Å². The van der Waals surface area contributed by atoms with Crippen LogP contribution in [0.25, 0.3) is 0 Å². The Morgan fingerprint density at radius 1 is 1.39 bits per heavy atom. The number of benzene rings is 1. The summed E-state index contributed by atoms with van der Waals surface area (Å²) in [5.74, 6) is 1.32. The van der Waals surface area contributed by atoms with Crippen LogP contribution in [0.2, 0.25) is 0 Å². The van der Waals surface area contributed by atoms with E-state index in [1.807, 2.05) is 0 Å². The Kier molecular flexibility index (Phi) is 4.95. The fourth-order valence-corrected chi connectivity index (χ4v) is 3.59. The van der Waals surface area contributed by atoms with Gasteiger partial charge in [-0.3, -0.25) is 0 Å². The smallest absolute Gasteiger partial charge is 0.0377 e. The molecule has 0 aromatic heterocycles. The first-order chi connectivity index (χ1) is 8.65. The molecule has 0 radical (unpaired) electrons. The van der Waals surface area contributed by atoms with Gasteiger partial charge >= 0.3 is 0 Å². The van der Waals surface area contributed by atoms with Crippen LogP contribution in [0.4, 0.5) is 5.69 Å². The molecule has 1 saturated heterocycles. The summed E-state index contributed by atoms with van der Waals surface area (Å²) < 4.78 is 0. The van der Waals surface area contributed by atoms with Crippen LogP contribution in [0.15, 0.2) is 24.3 Å². The number of thioether (sulfide) groups is 1. The summed E-state index contributed by atoms with van der Waals surface area (Å²) in [6, 6.07) is 9.45. The van der Waals surface area contributed by atoms with E-state index in [9.17, 15) is 0 Å². The second kappa shape index (κ2) is 6.48. The molecule has 2 unspecified atom stereocenters. The maximum Gasteiger partial charge on any atom is 0.0377 e. The summed E-state index contributed by atoms with van der Waals surface area (Å²) in [6.07, 6.45) is 2.64. The molecule has 100 valence electrons. The third-order valence-corrected chi connectivity index (χ3v) is 4.76. The zero-order valence-electron chi connectivity index (χ0n) is 11.6. The van der Waals surface area contributed by atoms with E-state index in [0.717, 1.165) is 11.8 Å². The summed E-state index contributed by atoms with van der Waals surface area (Å²) in [6.45, 7) is 3.34. The van der Waals surface area contributed by atoms with Crippen LogP contribution in [0.5, 0.6) is 0 Å². The fourth-order valence-electron chi connectivity index (χ4n) is 2.45. The molecule has 18 heavy (non-hydrogen) atoms. The Balaban J connectivity index is 1.99. The van der Waals surface area contributed by atoms with E-state index < -0.39 is 0 Å². The van der Waals surface area contributed by atoms with Crippen LogP contribution < -0.4 is 5.32 Å². The minimum Gasteiger partial charge on any atom is -0.381 e. The number of hydrogen-bond acceptors (Lipinski definition) is 3. The van der Waals surface area contributed by atoms with Gasteiger partial charge in [-0.05, 0) is 50.4 Å². The first-order valence-electron chi connectivity index (χ1n) is 6.77. The van der Waals surface area contributed by atoms with Crippen molar-refractivity contribution in [1.29, 1.82) is 0 Å². The van der Waals surface area contributed by atoms with E-state index in [4.69, 9.17) is 0 Å². The van der Waals surface area contributed by atoms with Crippen LogP contribution in [0.3, 0.4) is 0 Å². The van der Waals surface area contributed by atoms with E-state index in [2.05, 4.69) is 67.3 Å². The van der Waals surface area contributed by atoms with Gasteiger partial charge in [0.25, 0.3) is 0 Å². The molecule has 0 amide bonds. The molecule has 1 N–H and O–H groups in total. The average Bonchev–Trinajstić information content (AvgIpc) is 2.32. The number of nitrogens with one attached hydrogen (secondary N) is 1. The van der Waals surface area contributed by atoms with Crippen molar-refractivity contribution in [2.75, 3.05) is 25.2 Å². The van der Waals surface area contributed by atoms with Crippen molar-refractivity contribution in [3.63, 3.8) is 0 Å². The van der Waals surface area contributed by atoms with E-state index >= 15 is 0 Å². The van der Waals surface area contributed by atoms with Crippen LogP contribution in [0.1, 0.15) is 25.3 Å². The second-order valence-corrected chi connectivity index (χ2v) is 6.89. The molecular weight excluding hydrogens is 240 g/mol. The van der Waals surface area contributed by atoms with Crippen molar-refractivity contribution >= 4 is 17.4 Å². The standard InChI is InChI=1S/C15H24N2S/c1-12-15(8-5-9-18-12)16-14-7-4-6-13(10-14)11-17(2)3/h4,6-7,10,12,15-16H,5,8-9,11H2,1-3H3. The molecule has 0 aliphatic carbocycles. The molecule has 1 aromatic rings. The highest BCUT2D eigenvalue weighted by Gasteiger charge is 2.21. The van der Waals surface area contributed by atoms with Gasteiger partial charge in [-0.15, -0.1) is 0 Å². The highest BCUT2D eigenvalue weighted by atomic mass is 32.2. The number of nitrogens with zero attached hydrogens (tertiary/aromatic N) is 1. The maximum atomic E-state index is 3.70. The highest BCUT2D eigenvalue weighted by molar-refractivity contribution is 8.00. The molecule has 0 saturated carbocycles. The van der Waals surface area contributed by atoms with E-state index in [1.165, 1.54) is 29.8 Å². The van der Waals surface area contributed by atoms with Crippen molar-refractivity contribution < 1.29 is 0 Å². The molecule has 0 bridgehead atoms. The van der Waals surface area contributed by atoms with Crippen molar-refractivity contribution in [1.82, 2.24) is 4.90 Å². The lowest BCUT2D eigenvalue weighted by Crippen LogP contribution is -2.32. The molecular formula is C15H24N2S. The number of hydrogen-bond donors (Lipinski definition) is 1. The van der Waals surface area contributed by atoms with Gasteiger partial charge in [-0.1, -0.05) is 19.1 Å². The lowest BCUT2D eigenvalue weighted by Gasteiger charge is -2.30. The third-order valence-electron chi connectivity index (χ3n) is 3.38. The third kappa shape index (κ3) is 3.92. The van der Waals surface area contributed by atoms with E-state index in [1.54, 1.807) is 0 Å². The maximum absolute atomic E-state index is 3.70. The van der Waals surface area contributed by atoms with E-state index in [-0.39, 0.29) is 0 Å². The Morgan fingerprint density at radius 3 is 2.94 bits per heavy atom. The molecule has 2 rings (SSSR count). The lowest BCUT2D eigenvalue weighted by molar-refractivity contribution is 0.402. The normalized spacial score (nSPS) is 24.2.